The predicted molar refractivity (Wildman–Crippen MR) is 179 cm³/mol. The molecule has 0 spiro atoms. The third kappa shape index (κ3) is 9.50. The van der Waals surface area contributed by atoms with Crippen molar-refractivity contribution in [3.8, 4) is 17.0 Å². The van der Waals surface area contributed by atoms with Gasteiger partial charge in [0.2, 0.25) is 0 Å². The zero-order valence-electron chi connectivity index (χ0n) is 27.0. The number of carboxylic acid groups (broad SMARTS) is 1. The first-order valence-electron chi connectivity index (χ1n) is 15.0. The summed E-state index contributed by atoms with van der Waals surface area (Å²) < 4.78 is 43.0. The van der Waals surface area contributed by atoms with Gasteiger partial charge in [-0.15, -0.1) is 15.6 Å². The van der Waals surface area contributed by atoms with Gasteiger partial charge in [0.05, 0.1) is 16.9 Å². The van der Waals surface area contributed by atoms with Crippen LogP contribution in [-0.2, 0) is 47.0 Å². The normalized spacial score (nSPS) is 16.5. The Morgan fingerprint density at radius 2 is 1.92 bits per heavy atom. The summed E-state index contributed by atoms with van der Waals surface area (Å²) in [6.45, 7) is 5.10. The molecular weight excluding hydrogens is 701 g/mol. The summed E-state index contributed by atoms with van der Waals surface area (Å²) in [5.74, 6) is -3.18. The Morgan fingerprint density at radius 1 is 1.20 bits per heavy atom. The third-order valence-electron chi connectivity index (χ3n) is 7.26. The molecular formula is C28H38N10O10S2. The van der Waals surface area contributed by atoms with E-state index in [2.05, 4.69) is 25.1 Å². The van der Waals surface area contributed by atoms with Gasteiger partial charge >= 0.3 is 16.4 Å². The van der Waals surface area contributed by atoms with Crippen LogP contribution in [0.5, 0.6) is 5.75 Å². The van der Waals surface area contributed by atoms with Crippen molar-refractivity contribution >= 4 is 50.4 Å². The number of aliphatic carboxylic acids is 1. The number of carboxylic acids is 1. The highest BCUT2D eigenvalue weighted by molar-refractivity contribution is 7.80. The van der Waals surface area contributed by atoms with Crippen LogP contribution in [0.4, 0.5) is 5.13 Å². The molecule has 1 aliphatic rings. The maximum atomic E-state index is 13.3. The number of carbonyl (C=O) groups is 3. The first-order chi connectivity index (χ1) is 23.6. The van der Waals surface area contributed by atoms with E-state index in [9.17, 15) is 27.9 Å². The fourth-order valence-electron chi connectivity index (χ4n) is 4.67. The van der Waals surface area contributed by atoms with Crippen molar-refractivity contribution in [3.63, 3.8) is 0 Å². The lowest BCUT2D eigenvalue weighted by atomic mass is 9.84. The number of aromatic nitrogens is 3. The number of hydrogen-bond donors (Lipinski definition) is 7. The first kappa shape index (κ1) is 38.1. The van der Waals surface area contributed by atoms with Gasteiger partial charge in [0.15, 0.2) is 10.8 Å². The predicted octanol–water partition coefficient (Wildman–Crippen LogP) is -0.921. The molecule has 50 heavy (non-hydrogen) atoms. The first-order valence-corrected chi connectivity index (χ1v) is 17.3. The lowest BCUT2D eigenvalue weighted by Gasteiger charge is -2.50. The van der Waals surface area contributed by atoms with Gasteiger partial charge in [-0.25, -0.2) is 9.78 Å². The number of amides is 2. The van der Waals surface area contributed by atoms with E-state index in [1.165, 1.54) is 19.2 Å². The lowest BCUT2D eigenvalue weighted by Crippen LogP contribution is -2.76. The minimum absolute atomic E-state index is 0.0525. The topological polar surface area (TPSA) is 302 Å². The number of hydroxylamine groups is 2. The highest BCUT2D eigenvalue weighted by Crippen LogP contribution is 2.33. The Hall–Kier alpha value is -4.71. The van der Waals surface area contributed by atoms with Gasteiger partial charge < -0.3 is 42.5 Å². The van der Waals surface area contributed by atoms with Crippen LogP contribution in [0.2, 0.25) is 0 Å². The second-order valence-corrected chi connectivity index (χ2v) is 13.2. The highest BCUT2D eigenvalue weighted by atomic mass is 32.3. The summed E-state index contributed by atoms with van der Waals surface area (Å²) in [5.41, 5.74) is 17.4. The molecule has 1 saturated heterocycles. The Morgan fingerprint density at radius 3 is 2.50 bits per heavy atom. The molecule has 0 radical (unpaired) electrons. The molecule has 2 amide bonds. The van der Waals surface area contributed by atoms with Gasteiger partial charge in [0.1, 0.15) is 24.1 Å². The molecule has 0 aliphatic carbocycles. The van der Waals surface area contributed by atoms with E-state index in [1.807, 2.05) is 10.7 Å². The molecule has 1 fully saturated rings. The standard InChI is InChI=1S/C28H38N10O10S2/c1-28(2)23(25(40)38(28)48-50(43,44)45)34-24(39)22(20-15-49-27(31)33-20)36-47-21(26(41)42)14-46-18-6-4-16(5-7-18)19-12-17(13-32-10-9-30)37(35-19)11-3-8-29/h4-7,12,15,21,23,32H,3,8-11,13-14,29-30H2,1-2H3,(H2,31,33)(H,34,39)(H,41,42)(H,43,44,45)/b36-22-/t21-,23+/m0/s1. The Labute approximate surface area is 290 Å². The zero-order valence-corrected chi connectivity index (χ0v) is 28.6. The van der Waals surface area contributed by atoms with E-state index < -0.39 is 58.2 Å². The van der Waals surface area contributed by atoms with E-state index in [1.54, 1.807) is 24.3 Å². The fourth-order valence-corrected chi connectivity index (χ4v) is 5.67. The molecule has 2 aromatic heterocycles. The van der Waals surface area contributed by atoms with E-state index in [0.29, 0.717) is 43.5 Å². The number of aryl methyl sites for hydroxylation is 1. The number of ether oxygens (including phenoxy) is 1. The van der Waals surface area contributed by atoms with Crippen LogP contribution in [0.25, 0.3) is 11.3 Å². The average molecular weight is 739 g/mol. The van der Waals surface area contributed by atoms with Crippen molar-refractivity contribution in [2.45, 2.75) is 51.0 Å². The number of nitrogens with zero attached hydrogens (tertiary/aromatic N) is 5. The molecule has 1 aliphatic heterocycles. The number of carbonyl (C=O) groups excluding carboxylic acids is 2. The summed E-state index contributed by atoms with van der Waals surface area (Å²) >= 11 is 0.954. The number of hydrogen-bond acceptors (Lipinski definition) is 16. The van der Waals surface area contributed by atoms with Crippen LogP contribution in [0.1, 0.15) is 31.7 Å². The van der Waals surface area contributed by atoms with Crippen molar-refractivity contribution in [1.29, 1.82) is 0 Å². The molecule has 3 aromatic rings. The molecule has 272 valence electrons. The number of thiazole rings is 1. The Bertz CT molecular complexity index is 1810. The van der Waals surface area contributed by atoms with Crippen LogP contribution >= 0.6 is 11.3 Å². The molecule has 22 heteroatoms. The number of nitrogens with one attached hydrogen (secondary N) is 2. The van der Waals surface area contributed by atoms with Gasteiger partial charge in [-0.1, -0.05) is 5.16 Å². The highest BCUT2D eigenvalue weighted by Gasteiger charge is 2.58. The van der Waals surface area contributed by atoms with Crippen molar-refractivity contribution < 1.29 is 46.3 Å². The number of nitrogen functional groups attached to an aromatic ring is 1. The summed E-state index contributed by atoms with van der Waals surface area (Å²) in [7, 11) is -5.03. The summed E-state index contributed by atoms with van der Waals surface area (Å²) in [4.78, 5) is 47.0. The maximum Gasteiger partial charge on any atom is 0.418 e. The van der Waals surface area contributed by atoms with Gasteiger partial charge in [-0.2, -0.15) is 18.6 Å². The van der Waals surface area contributed by atoms with Crippen LogP contribution in [0, 0.1) is 0 Å². The maximum absolute atomic E-state index is 13.3. The van der Waals surface area contributed by atoms with Crippen molar-refractivity contribution in [1.82, 2.24) is 30.5 Å². The van der Waals surface area contributed by atoms with Gasteiger partial charge in [0, 0.05) is 37.1 Å². The zero-order chi connectivity index (χ0) is 36.6. The lowest BCUT2D eigenvalue weighted by molar-refractivity contribution is -0.218. The van der Waals surface area contributed by atoms with Crippen LogP contribution in [0.3, 0.4) is 0 Å². The minimum atomic E-state index is -5.03. The Kier molecular flexibility index (Phi) is 12.4. The smallest absolute Gasteiger partial charge is 0.418 e. The molecule has 2 atom stereocenters. The second kappa shape index (κ2) is 16.3. The molecule has 3 heterocycles. The average Bonchev–Trinajstić information content (AvgIpc) is 3.68. The summed E-state index contributed by atoms with van der Waals surface area (Å²) in [5, 5.41) is 25.6. The van der Waals surface area contributed by atoms with Crippen molar-refractivity contribution in [2.75, 3.05) is 32.0 Å². The monoisotopic (exact) mass is 738 g/mol. The number of nitrogens with two attached hydrogens (primary N) is 3. The molecule has 4 rings (SSSR count). The molecule has 0 saturated carbocycles. The number of β-lactam (4-membered cyclic amide) rings is 1. The van der Waals surface area contributed by atoms with E-state index >= 15 is 0 Å². The van der Waals surface area contributed by atoms with Crippen molar-refractivity contribution in [2.24, 2.45) is 16.6 Å². The molecule has 0 bridgehead atoms. The van der Waals surface area contributed by atoms with E-state index in [-0.39, 0.29) is 10.8 Å². The quantitative estimate of drug-likeness (QED) is 0.0257. The molecule has 0 unspecified atom stereocenters. The van der Waals surface area contributed by atoms with Crippen LogP contribution in [0.15, 0.2) is 40.9 Å². The van der Waals surface area contributed by atoms with Crippen molar-refractivity contribution in [3.05, 3.63) is 47.1 Å². The molecule has 20 nitrogen and oxygen atoms in total. The minimum Gasteiger partial charge on any atom is -0.489 e. The van der Waals surface area contributed by atoms with E-state index in [4.69, 9.17) is 36.4 Å². The molecule has 10 N–H and O–H groups in total. The number of benzene rings is 1. The second-order valence-electron chi connectivity index (χ2n) is 11.3. The van der Waals surface area contributed by atoms with Gasteiger partial charge in [-0.05, 0) is 57.1 Å². The Balaban J connectivity index is 1.44. The largest absolute Gasteiger partial charge is 0.489 e. The SMILES string of the molecule is CC1(C)[C@H](NC(=O)/C(=N\O[C@@H](COc2ccc(-c3cc(CNCCN)n(CCCN)n3)cc2)C(=O)O)c2csc(N)n2)C(=O)N1OS(=O)(=O)O. The fraction of sp³-hybridized carbons (Fsp3) is 0.429. The van der Waals surface area contributed by atoms with E-state index in [0.717, 1.165) is 34.7 Å². The van der Waals surface area contributed by atoms with Gasteiger partial charge in [-0.3, -0.25) is 18.8 Å². The number of oxime groups is 1. The number of rotatable bonds is 19. The third-order valence-corrected chi connectivity index (χ3v) is 8.27. The summed E-state index contributed by atoms with van der Waals surface area (Å²) in [6, 6.07) is 7.41. The van der Waals surface area contributed by atoms with Crippen LogP contribution < -0.4 is 32.6 Å². The summed E-state index contributed by atoms with van der Waals surface area (Å²) in [6.07, 6.45) is -0.944. The van der Waals surface area contributed by atoms with Crippen LogP contribution in [-0.4, -0.2) is 105 Å². The molecule has 1 aromatic carbocycles. The van der Waals surface area contributed by atoms with Gasteiger partial charge in [0.25, 0.3) is 17.9 Å². The number of anilines is 1.